The highest BCUT2D eigenvalue weighted by Crippen LogP contribution is 2.42. The van der Waals surface area contributed by atoms with Crippen LogP contribution in [0.5, 0.6) is 0 Å². The summed E-state index contributed by atoms with van der Waals surface area (Å²) in [6, 6.07) is 3.21. The Bertz CT molecular complexity index is 571. The number of hydrogen-bond acceptors (Lipinski definition) is 3. The van der Waals surface area contributed by atoms with E-state index in [-0.39, 0.29) is 23.7 Å². The number of halogens is 1. The summed E-state index contributed by atoms with van der Waals surface area (Å²) in [5.41, 5.74) is 0. The molecule has 2 atom stereocenters. The number of carbonyl (C=O) groups excluding carboxylic acids is 1. The van der Waals surface area contributed by atoms with Gasteiger partial charge in [-0.25, -0.2) is 9.37 Å². The first-order valence-corrected chi connectivity index (χ1v) is 8.38. The predicted octanol–water partition coefficient (Wildman–Crippen LogP) is 2.35. The highest BCUT2D eigenvalue weighted by atomic mass is 19.1. The van der Waals surface area contributed by atoms with Crippen molar-refractivity contribution in [2.45, 2.75) is 38.1 Å². The van der Waals surface area contributed by atoms with Crippen molar-refractivity contribution in [3.05, 3.63) is 24.1 Å². The maximum Gasteiger partial charge on any atom is 0.223 e. The number of aromatic nitrogens is 1. The lowest BCUT2D eigenvalue weighted by Crippen LogP contribution is -2.45. The third-order valence-corrected chi connectivity index (χ3v) is 5.43. The van der Waals surface area contributed by atoms with Crippen LogP contribution in [-0.4, -0.2) is 30.0 Å². The van der Waals surface area contributed by atoms with E-state index in [0.29, 0.717) is 24.2 Å². The molecule has 1 amide bonds. The van der Waals surface area contributed by atoms with Gasteiger partial charge in [0.1, 0.15) is 0 Å². The number of rotatable bonds is 4. The summed E-state index contributed by atoms with van der Waals surface area (Å²) >= 11 is 0. The van der Waals surface area contributed by atoms with Crippen molar-refractivity contribution < 1.29 is 9.18 Å². The average Bonchev–Trinajstić information content (AvgIpc) is 3.19. The minimum Gasteiger partial charge on any atom is -0.352 e. The molecule has 0 radical (unpaired) electrons. The summed E-state index contributed by atoms with van der Waals surface area (Å²) in [6.45, 7) is 1.47. The van der Waals surface area contributed by atoms with E-state index in [1.54, 1.807) is 12.3 Å². The monoisotopic (exact) mass is 303 g/mol. The lowest BCUT2D eigenvalue weighted by Gasteiger charge is -2.27. The zero-order valence-electron chi connectivity index (χ0n) is 12.7. The van der Waals surface area contributed by atoms with Crippen LogP contribution < -0.4 is 10.2 Å². The molecular formula is C17H22FN3O. The van der Waals surface area contributed by atoms with Gasteiger partial charge in [-0.15, -0.1) is 0 Å². The van der Waals surface area contributed by atoms with Crippen molar-refractivity contribution in [3.8, 4) is 0 Å². The second-order valence-electron chi connectivity index (χ2n) is 6.96. The van der Waals surface area contributed by atoms with Crippen molar-refractivity contribution in [1.82, 2.24) is 10.3 Å². The Morgan fingerprint density at radius 2 is 2.09 bits per heavy atom. The van der Waals surface area contributed by atoms with Crippen LogP contribution in [0, 0.1) is 23.6 Å². The molecule has 3 aliphatic rings. The normalized spacial score (nSPS) is 28.5. The first-order chi connectivity index (χ1) is 10.7. The number of hydrogen-bond donors (Lipinski definition) is 1. The summed E-state index contributed by atoms with van der Waals surface area (Å²) in [7, 11) is 0. The molecule has 4 nitrogen and oxygen atoms in total. The zero-order chi connectivity index (χ0) is 15.1. The molecule has 3 fully saturated rings. The predicted molar refractivity (Wildman–Crippen MR) is 81.9 cm³/mol. The first-order valence-electron chi connectivity index (χ1n) is 8.38. The zero-order valence-corrected chi connectivity index (χ0v) is 12.7. The Kier molecular flexibility index (Phi) is 3.51. The van der Waals surface area contributed by atoms with Gasteiger partial charge >= 0.3 is 0 Å². The van der Waals surface area contributed by atoms with Crippen LogP contribution in [0.2, 0.25) is 0 Å². The van der Waals surface area contributed by atoms with Crippen LogP contribution in [0.15, 0.2) is 18.3 Å². The van der Waals surface area contributed by atoms with Gasteiger partial charge in [-0.2, -0.15) is 0 Å². The van der Waals surface area contributed by atoms with Gasteiger partial charge in [-0.3, -0.25) is 4.79 Å². The fraction of sp³-hybridized carbons (Fsp3) is 0.647. The summed E-state index contributed by atoms with van der Waals surface area (Å²) in [6.07, 6.45) is 7.30. The van der Waals surface area contributed by atoms with Gasteiger partial charge in [-0.05, 0) is 43.7 Å². The maximum atomic E-state index is 14.0. The number of nitrogens with zero attached hydrogens (tertiary/aromatic N) is 2. The van der Waals surface area contributed by atoms with Gasteiger partial charge < -0.3 is 10.2 Å². The molecule has 1 aliphatic heterocycles. The molecule has 4 rings (SSSR count). The van der Waals surface area contributed by atoms with E-state index in [1.807, 2.05) is 4.90 Å². The highest BCUT2D eigenvalue weighted by Gasteiger charge is 2.44. The standard InChI is InChI=1S/C17H22FN3O/c18-14-5-2-8-19-16(14)21-9-13(11-6-7-11)15(10-21)20-17(22)12-3-1-4-12/h2,5,8,11-13,15H,1,3-4,6-7,9-10H2,(H,20,22)/t13-,15+/m0/s1. The third kappa shape index (κ3) is 2.57. The van der Waals surface area contributed by atoms with Crippen molar-refractivity contribution in [1.29, 1.82) is 0 Å². The molecule has 1 N–H and O–H groups in total. The number of anilines is 1. The van der Waals surface area contributed by atoms with Gasteiger partial charge in [-0.1, -0.05) is 6.42 Å². The van der Waals surface area contributed by atoms with Gasteiger partial charge in [0.05, 0.1) is 6.04 Å². The van der Waals surface area contributed by atoms with Crippen molar-refractivity contribution >= 4 is 11.7 Å². The molecule has 0 spiro atoms. The molecule has 2 aliphatic carbocycles. The summed E-state index contributed by atoms with van der Waals surface area (Å²) in [5, 5.41) is 3.24. The number of carbonyl (C=O) groups is 1. The molecule has 22 heavy (non-hydrogen) atoms. The first kappa shape index (κ1) is 14.0. The van der Waals surface area contributed by atoms with E-state index in [1.165, 1.54) is 25.3 Å². The topological polar surface area (TPSA) is 45.2 Å². The quantitative estimate of drug-likeness (QED) is 0.928. The van der Waals surface area contributed by atoms with E-state index in [2.05, 4.69) is 10.3 Å². The van der Waals surface area contributed by atoms with E-state index in [0.717, 1.165) is 19.4 Å². The SMILES string of the molecule is O=C(N[C@@H]1CN(c2ncccc2F)C[C@H]1C1CC1)C1CCC1. The minimum atomic E-state index is -0.275. The molecular weight excluding hydrogens is 281 g/mol. The van der Waals surface area contributed by atoms with Crippen LogP contribution in [-0.2, 0) is 4.79 Å². The lowest BCUT2D eigenvalue weighted by atomic mass is 9.84. The van der Waals surface area contributed by atoms with Crippen LogP contribution in [0.25, 0.3) is 0 Å². The summed E-state index contributed by atoms with van der Waals surface area (Å²) in [4.78, 5) is 18.5. The molecule has 118 valence electrons. The lowest BCUT2D eigenvalue weighted by molar-refractivity contribution is -0.128. The molecule has 2 heterocycles. The molecule has 0 bridgehead atoms. The minimum absolute atomic E-state index is 0.141. The molecule has 5 heteroatoms. The number of amides is 1. The average molecular weight is 303 g/mol. The molecule has 2 saturated carbocycles. The molecule has 1 saturated heterocycles. The Balaban J connectivity index is 1.48. The van der Waals surface area contributed by atoms with E-state index >= 15 is 0 Å². The van der Waals surface area contributed by atoms with E-state index < -0.39 is 0 Å². The van der Waals surface area contributed by atoms with Crippen LogP contribution in [0.3, 0.4) is 0 Å². The number of nitrogens with one attached hydrogen (secondary N) is 1. The smallest absolute Gasteiger partial charge is 0.223 e. The fourth-order valence-electron chi connectivity index (χ4n) is 3.74. The molecule has 0 unspecified atom stereocenters. The number of pyridine rings is 1. The fourth-order valence-corrected chi connectivity index (χ4v) is 3.74. The highest BCUT2D eigenvalue weighted by molar-refractivity contribution is 5.79. The summed E-state index contributed by atoms with van der Waals surface area (Å²) < 4.78 is 14.0. The third-order valence-electron chi connectivity index (χ3n) is 5.43. The molecule has 0 aromatic carbocycles. The summed E-state index contributed by atoms with van der Waals surface area (Å²) in [5.74, 6) is 1.68. The largest absolute Gasteiger partial charge is 0.352 e. The Morgan fingerprint density at radius 3 is 2.73 bits per heavy atom. The van der Waals surface area contributed by atoms with Crippen LogP contribution in [0.4, 0.5) is 10.2 Å². The second kappa shape index (κ2) is 5.52. The Morgan fingerprint density at radius 1 is 1.27 bits per heavy atom. The van der Waals surface area contributed by atoms with Gasteiger partial charge in [0.15, 0.2) is 11.6 Å². The van der Waals surface area contributed by atoms with E-state index in [9.17, 15) is 9.18 Å². The van der Waals surface area contributed by atoms with Crippen molar-refractivity contribution in [2.24, 2.45) is 17.8 Å². The van der Waals surface area contributed by atoms with E-state index in [4.69, 9.17) is 0 Å². The molecule has 1 aromatic rings. The van der Waals surface area contributed by atoms with Gasteiger partial charge in [0.2, 0.25) is 5.91 Å². The Hall–Kier alpha value is -1.65. The van der Waals surface area contributed by atoms with Gasteiger partial charge in [0.25, 0.3) is 0 Å². The van der Waals surface area contributed by atoms with Crippen LogP contribution in [0.1, 0.15) is 32.1 Å². The molecule has 1 aromatic heterocycles. The Labute approximate surface area is 130 Å². The van der Waals surface area contributed by atoms with Crippen LogP contribution >= 0.6 is 0 Å². The van der Waals surface area contributed by atoms with Crippen molar-refractivity contribution in [2.75, 3.05) is 18.0 Å². The second-order valence-corrected chi connectivity index (χ2v) is 6.96. The van der Waals surface area contributed by atoms with Crippen molar-refractivity contribution in [3.63, 3.8) is 0 Å². The van der Waals surface area contributed by atoms with Gasteiger partial charge in [0, 0.05) is 31.1 Å². The maximum absolute atomic E-state index is 14.0.